The Morgan fingerprint density at radius 2 is 2.00 bits per heavy atom. The fourth-order valence-electron chi connectivity index (χ4n) is 1.23. The molecule has 1 aromatic heterocycles. The van der Waals surface area contributed by atoms with Gasteiger partial charge in [-0.3, -0.25) is 0 Å². The Morgan fingerprint density at radius 3 is 2.69 bits per heavy atom. The van der Waals surface area contributed by atoms with Gasteiger partial charge in [-0.05, 0) is 28.1 Å². The minimum Gasteiger partial charge on any atom is -0.215 e. The van der Waals surface area contributed by atoms with Gasteiger partial charge in [0.15, 0.2) is 0 Å². The van der Waals surface area contributed by atoms with Crippen molar-refractivity contribution < 1.29 is 0 Å². The second-order valence-electron chi connectivity index (χ2n) is 2.97. The highest BCUT2D eigenvalue weighted by atomic mass is 79.9. The van der Waals surface area contributed by atoms with Crippen LogP contribution in [0.1, 0.15) is 5.69 Å². The van der Waals surface area contributed by atoms with E-state index in [4.69, 9.17) is 34.8 Å². The smallest absolute Gasteiger partial charge is 0.0869 e. The lowest BCUT2D eigenvalue weighted by atomic mass is 10.3. The Hall–Kier alpha value is -0.290. The highest BCUT2D eigenvalue weighted by Gasteiger charge is 2.13. The Balaban J connectivity index is 2.61. The molecule has 0 spiro atoms. The molecule has 0 aliphatic carbocycles. The van der Waals surface area contributed by atoms with Crippen molar-refractivity contribution >= 4 is 50.7 Å². The van der Waals surface area contributed by atoms with Crippen LogP contribution in [0, 0.1) is 0 Å². The lowest BCUT2D eigenvalue weighted by molar-refractivity contribution is 0.781. The summed E-state index contributed by atoms with van der Waals surface area (Å²) in [4.78, 5) is 0. The summed E-state index contributed by atoms with van der Waals surface area (Å²) >= 11 is 21.2. The maximum absolute atomic E-state index is 6.13. The molecule has 0 fully saturated rings. The third kappa shape index (κ3) is 2.07. The highest BCUT2D eigenvalue weighted by Crippen LogP contribution is 2.34. The molecular formula is C9H5BrCl3N3. The first-order valence-corrected chi connectivity index (χ1v) is 6.33. The van der Waals surface area contributed by atoms with Gasteiger partial charge in [0.1, 0.15) is 0 Å². The van der Waals surface area contributed by atoms with Crippen LogP contribution in [0.4, 0.5) is 0 Å². The van der Waals surface area contributed by atoms with E-state index in [9.17, 15) is 0 Å². The molecule has 7 heteroatoms. The van der Waals surface area contributed by atoms with Crippen LogP contribution in [0.15, 0.2) is 22.8 Å². The first-order chi connectivity index (χ1) is 7.65. The van der Waals surface area contributed by atoms with Crippen LogP contribution >= 0.6 is 50.7 Å². The maximum atomic E-state index is 6.13. The molecule has 0 saturated carbocycles. The fraction of sp³-hybridized carbons (Fsp3) is 0.111. The largest absolute Gasteiger partial charge is 0.215 e. The van der Waals surface area contributed by atoms with E-state index in [1.807, 2.05) is 0 Å². The minimum absolute atomic E-state index is 0.303. The second-order valence-corrected chi connectivity index (χ2v) is 4.84. The summed E-state index contributed by atoms with van der Waals surface area (Å²) in [6.07, 6.45) is 1.58. The van der Waals surface area contributed by atoms with Crippen molar-refractivity contribution in [1.29, 1.82) is 0 Å². The predicted molar refractivity (Wildman–Crippen MR) is 68.6 cm³/mol. The molecule has 0 bridgehead atoms. The van der Waals surface area contributed by atoms with Crippen LogP contribution in [0.3, 0.4) is 0 Å². The zero-order chi connectivity index (χ0) is 11.7. The van der Waals surface area contributed by atoms with Crippen molar-refractivity contribution in [3.8, 4) is 5.69 Å². The summed E-state index contributed by atoms with van der Waals surface area (Å²) in [5, 5.41) is 8.54. The molecule has 0 atom stereocenters. The van der Waals surface area contributed by atoms with Crippen LogP contribution in [0.25, 0.3) is 5.69 Å². The molecule has 3 nitrogen and oxygen atoms in total. The average molecular weight is 341 g/mol. The molecule has 2 rings (SSSR count). The van der Waals surface area contributed by atoms with Crippen molar-refractivity contribution in [2.45, 2.75) is 5.88 Å². The number of benzene rings is 1. The van der Waals surface area contributed by atoms with E-state index in [0.717, 1.165) is 10.2 Å². The van der Waals surface area contributed by atoms with Gasteiger partial charge in [0.05, 0.1) is 33.5 Å². The summed E-state index contributed by atoms with van der Waals surface area (Å²) in [5.41, 5.74) is 1.41. The van der Waals surface area contributed by atoms with Crippen LogP contribution < -0.4 is 0 Å². The fourth-order valence-corrected chi connectivity index (χ4v) is 2.26. The van der Waals surface area contributed by atoms with Crippen LogP contribution in [-0.2, 0) is 5.88 Å². The topological polar surface area (TPSA) is 30.7 Å². The lowest BCUT2D eigenvalue weighted by Crippen LogP contribution is -2.02. The van der Waals surface area contributed by atoms with E-state index in [-0.39, 0.29) is 0 Å². The number of alkyl halides is 1. The molecule has 0 N–H and O–H groups in total. The number of nitrogens with zero attached hydrogens (tertiary/aromatic N) is 3. The molecule has 0 radical (unpaired) electrons. The van der Waals surface area contributed by atoms with E-state index in [2.05, 4.69) is 26.2 Å². The number of rotatable bonds is 2. The second kappa shape index (κ2) is 4.92. The molecule has 0 saturated heterocycles. The SMILES string of the molecule is ClCc1cnnn1-c1ccc(Br)c(Cl)c1Cl. The Morgan fingerprint density at radius 1 is 1.25 bits per heavy atom. The van der Waals surface area contributed by atoms with E-state index in [0.29, 0.717) is 21.6 Å². The lowest BCUT2D eigenvalue weighted by Gasteiger charge is -2.08. The highest BCUT2D eigenvalue weighted by molar-refractivity contribution is 9.10. The third-order valence-corrected chi connectivity index (χ3v) is 4.03. The summed E-state index contributed by atoms with van der Waals surface area (Å²) < 4.78 is 2.30. The van der Waals surface area contributed by atoms with Crippen molar-refractivity contribution in [2.24, 2.45) is 0 Å². The van der Waals surface area contributed by atoms with Crippen molar-refractivity contribution in [1.82, 2.24) is 15.0 Å². The third-order valence-electron chi connectivity index (χ3n) is 2.00. The minimum atomic E-state index is 0.303. The molecule has 0 aliphatic heterocycles. The molecule has 0 aliphatic rings. The van der Waals surface area contributed by atoms with Gasteiger partial charge in [0.2, 0.25) is 0 Å². The monoisotopic (exact) mass is 339 g/mol. The van der Waals surface area contributed by atoms with E-state index >= 15 is 0 Å². The van der Waals surface area contributed by atoms with Crippen LogP contribution in [-0.4, -0.2) is 15.0 Å². The molecule has 1 aromatic carbocycles. The average Bonchev–Trinajstić information content (AvgIpc) is 2.74. The van der Waals surface area contributed by atoms with Gasteiger partial charge in [-0.2, -0.15) is 0 Å². The van der Waals surface area contributed by atoms with Gasteiger partial charge in [-0.25, -0.2) is 4.68 Å². The van der Waals surface area contributed by atoms with E-state index in [1.165, 1.54) is 0 Å². The molecule has 84 valence electrons. The van der Waals surface area contributed by atoms with Crippen molar-refractivity contribution in [2.75, 3.05) is 0 Å². The summed E-state index contributed by atoms with van der Waals surface area (Å²) in [6.45, 7) is 0. The Bertz CT molecular complexity index is 527. The van der Waals surface area contributed by atoms with Gasteiger partial charge in [0, 0.05) is 4.47 Å². The van der Waals surface area contributed by atoms with Crippen LogP contribution in [0.5, 0.6) is 0 Å². The number of hydrogen-bond donors (Lipinski definition) is 0. The van der Waals surface area contributed by atoms with Gasteiger partial charge in [-0.1, -0.05) is 28.4 Å². The zero-order valence-electron chi connectivity index (χ0n) is 7.79. The van der Waals surface area contributed by atoms with E-state index < -0.39 is 0 Å². The molecule has 16 heavy (non-hydrogen) atoms. The van der Waals surface area contributed by atoms with Crippen molar-refractivity contribution in [3.05, 3.63) is 38.5 Å². The molecular weight excluding hydrogens is 336 g/mol. The number of aromatic nitrogens is 3. The van der Waals surface area contributed by atoms with Gasteiger partial charge >= 0.3 is 0 Å². The first kappa shape index (κ1) is 12.2. The first-order valence-electron chi connectivity index (χ1n) is 4.24. The molecule has 0 amide bonds. The van der Waals surface area contributed by atoms with Gasteiger partial charge in [0.25, 0.3) is 0 Å². The predicted octanol–water partition coefficient (Wildman–Crippen LogP) is 4.08. The summed E-state index contributed by atoms with van der Waals surface area (Å²) in [7, 11) is 0. The number of hydrogen-bond acceptors (Lipinski definition) is 2. The molecule has 1 heterocycles. The number of halogens is 4. The van der Waals surface area contributed by atoms with Gasteiger partial charge < -0.3 is 0 Å². The summed E-state index contributed by atoms with van der Waals surface area (Å²) in [6, 6.07) is 3.59. The van der Waals surface area contributed by atoms with Crippen LogP contribution in [0.2, 0.25) is 10.0 Å². The summed E-state index contributed by atoms with van der Waals surface area (Å²) in [5.74, 6) is 0.303. The molecule has 2 aromatic rings. The van der Waals surface area contributed by atoms with E-state index in [1.54, 1.807) is 23.0 Å². The zero-order valence-corrected chi connectivity index (χ0v) is 11.6. The van der Waals surface area contributed by atoms with Gasteiger partial charge in [-0.15, -0.1) is 16.7 Å². The standard InChI is InChI=1S/C9H5BrCl3N3/c10-6-1-2-7(9(13)8(6)12)16-5(3-11)4-14-15-16/h1-2,4H,3H2. The maximum Gasteiger partial charge on any atom is 0.0869 e. The van der Waals surface area contributed by atoms with Crippen molar-refractivity contribution in [3.63, 3.8) is 0 Å². The normalized spacial score (nSPS) is 10.8. The Kier molecular flexibility index (Phi) is 3.74. The molecule has 0 unspecified atom stereocenters. The quantitative estimate of drug-likeness (QED) is 0.609. The Labute approximate surface area is 115 Å².